The summed E-state index contributed by atoms with van der Waals surface area (Å²) in [6.45, 7) is 13.0. The lowest BCUT2D eigenvalue weighted by Gasteiger charge is -2.24. The molecule has 0 aromatic heterocycles. The van der Waals surface area contributed by atoms with Crippen molar-refractivity contribution in [1.82, 2.24) is 5.32 Å². The second-order valence-corrected chi connectivity index (χ2v) is 10.5. The van der Waals surface area contributed by atoms with Gasteiger partial charge in [0.15, 0.2) is 0 Å². The zero-order valence-electron chi connectivity index (χ0n) is 19.9. The molecule has 0 heterocycles. The van der Waals surface area contributed by atoms with Crippen LogP contribution in [0, 0.1) is 12.3 Å². The molecule has 0 saturated carbocycles. The van der Waals surface area contributed by atoms with Gasteiger partial charge in [-0.2, -0.15) is 0 Å². The van der Waals surface area contributed by atoms with Crippen molar-refractivity contribution in [1.29, 1.82) is 0 Å². The van der Waals surface area contributed by atoms with Crippen LogP contribution in [0.3, 0.4) is 0 Å². The maximum Gasteiger partial charge on any atom is 0.224 e. The molecule has 0 fully saturated rings. The Morgan fingerprint density at radius 2 is 1.77 bits per heavy atom. The van der Waals surface area contributed by atoms with Crippen LogP contribution in [0.25, 0.3) is 0 Å². The van der Waals surface area contributed by atoms with Crippen LogP contribution in [0.15, 0.2) is 36.4 Å². The van der Waals surface area contributed by atoms with E-state index in [-0.39, 0.29) is 30.4 Å². The molecule has 2 rings (SSSR count). The van der Waals surface area contributed by atoms with E-state index in [4.69, 9.17) is 11.6 Å². The molecule has 0 spiro atoms. The number of nitrogens with one attached hydrogen (secondary N) is 1. The van der Waals surface area contributed by atoms with Crippen molar-refractivity contribution >= 4 is 17.5 Å². The van der Waals surface area contributed by atoms with Gasteiger partial charge in [0.25, 0.3) is 0 Å². The van der Waals surface area contributed by atoms with Crippen LogP contribution >= 0.6 is 11.6 Å². The predicted molar refractivity (Wildman–Crippen MR) is 131 cm³/mol. The molecule has 4 heteroatoms. The van der Waals surface area contributed by atoms with Crippen LogP contribution in [0.4, 0.5) is 0 Å². The van der Waals surface area contributed by atoms with Crippen LogP contribution in [0.1, 0.15) is 74.8 Å². The average molecular weight is 444 g/mol. The summed E-state index contributed by atoms with van der Waals surface area (Å²) in [4.78, 5) is 12.8. The summed E-state index contributed by atoms with van der Waals surface area (Å²) in [5.41, 5.74) is 5.96. The van der Waals surface area contributed by atoms with Gasteiger partial charge in [-0.1, -0.05) is 76.6 Å². The molecule has 0 saturated heterocycles. The van der Waals surface area contributed by atoms with Crippen molar-refractivity contribution in [3.05, 3.63) is 69.2 Å². The molecule has 31 heavy (non-hydrogen) atoms. The number of benzene rings is 2. The fourth-order valence-corrected chi connectivity index (χ4v) is 4.21. The topological polar surface area (TPSA) is 49.3 Å². The number of hydrogen-bond donors (Lipinski definition) is 2. The standard InChI is InChI=1S/C27H38ClNO2/c1-18(2)22-11-8-10-20(13-14-27(4,5)6)24(22)15-21(17-30)29-26(31)16-23-19(3)9-7-12-25(23)28/h7-12,18,21,30H,13-17H2,1-6H3,(H,29,31)/t21-/m1/s1. The maximum atomic E-state index is 12.8. The molecule has 2 aromatic rings. The molecule has 1 amide bonds. The predicted octanol–water partition coefficient (Wildman–Crippen LogP) is 6.01. The van der Waals surface area contributed by atoms with Crippen molar-refractivity contribution in [3.8, 4) is 0 Å². The number of halogens is 1. The summed E-state index contributed by atoms with van der Waals surface area (Å²) in [5, 5.41) is 13.7. The summed E-state index contributed by atoms with van der Waals surface area (Å²) in [5.74, 6) is 0.263. The van der Waals surface area contributed by atoms with Crippen molar-refractivity contribution in [3.63, 3.8) is 0 Å². The van der Waals surface area contributed by atoms with Gasteiger partial charge in [0, 0.05) is 5.02 Å². The third-order valence-electron chi connectivity index (χ3n) is 5.80. The van der Waals surface area contributed by atoms with E-state index < -0.39 is 0 Å². The smallest absolute Gasteiger partial charge is 0.224 e. The molecule has 1 atom stereocenters. The second kappa shape index (κ2) is 11.2. The van der Waals surface area contributed by atoms with Crippen molar-refractivity contribution < 1.29 is 9.90 Å². The molecular formula is C27H38ClNO2. The first kappa shape index (κ1) is 25.4. The normalized spacial score (nSPS) is 12.8. The number of aryl methyl sites for hydroxylation is 2. The van der Waals surface area contributed by atoms with Gasteiger partial charge >= 0.3 is 0 Å². The molecule has 2 N–H and O–H groups in total. The minimum absolute atomic E-state index is 0.0988. The Morgan fingerprint density at radius 1 is 1.10 bits per heavy atom. The highest BCUT2D eigenvalue weighted by Crippen LogP contribution is 2.28. The van der Waals surface area contributed by atoms with E-state index in [1.165, 1.54) is 16.7 Å². The lowest BCUT2D eigenvalue weighted by atomic mass is 9.84. The highest BCUT2D eigenvalue weighted by atomic mass is 35.5. The van der Waals surface area contributed by atoms with Gasteiger partial charge in [-0.25, -0.2) is 0 Å². The zero-order valence-corrected chi connectivity index (χ0v) is 20.6. The Bertz CT molecular complexity index is 863. The van der Waals surface area contributed by atoms with Gasteiger partial charge in [-0.3, -0.25) is 4.79 Å². The first-order valence-corrected chi connectivity index (χ1v) is 11.6. The van der Waals surface area contributed by atoms with Crippen LogP contribution in [-0.4, -0.2) is 23.7 Å². The van der Waals surface area contributed by atoms with E-state index in [0.717, 1.165) is 24.0 Å². The largest absolute Gasteiger partial charge is 0.394 e. The number of aliphatic hydroxyl groups is 1. The summed E-state index contributed by atoms with van der Waals surface area (Å²) in [7, 11) is 0. The minimum atomic E-state index is -0.330. The van der Waals surface area contributed by atoms with Gasteiger partial charge in [-0.15, -0.1) is 0 Å². The van der Waals surface area contributed by atoms with Gasteiger partial charge < -0.3 is 10.4 Å². The van der Waals surface area contributed by atoms with Gasteiger partial charge in [0.2, 0.25) is 5.91 Å². The van der Waals surface area contributed by atoms with Gasteiger partial charge in [0.05, 0.1) is 19.1 Å². The summed E-state index contributed by atoms with van der Waals surface area (Å²) >= 11 is 6.29. The molecule has 170 valence electrons. The number of rotatable bonds is 9. The summed E-state index contributed by atoms with van der Waals surface area (Å²) in [6.07, 6.45) is 2.91. The number of aliphatic hydroxyl groups excluding tert-OH is 1. The second-order valence-electron chi connectivity index (χ2n) is 10.1. The molecule has 0 aliphatic rings. The Morgan fingerprint density at radius 3 is 2.35 bits per heavy atom. The Balaban J connectivity index is 2.20. The number of carbonyl (C=O) groups is 1. The SMILES string of the molecule is Cc1cccc(Cl)c1CC(=O)N[C@@H](CO)Cc1c(CCC(C)(C)C)cccc1C(C)C. The van der Waals surface area contributed by atoms with Crippen LogP contribution in [-0.2, 0) is 24.1 Å². The van der Waals surface area contributed by atoms with Crippen molar-refractivity contribution in [2.75, 3.05) is 6.61 Å². The molecule has 0 aliphatic heterocycles. The van der Waals surface area contributed by atoms with Crippen LogP contribution < -0.4 is 5.32 Å². The maximum absolute atomic E-state index is 12.8. The van der Waals surface area contributed by atoms with Gasteiger partial charge in [0.1, 0.15) is 0 Å². The van der Waals surface area contributed by atoms with E-state index in [9.17, 15) is 9.90 Å². The number of amides is 1. The molecule has 3 nitrogen and oxygen atoms in total. The van der Waals surface area contributed by atoms with Crippen molar-refractivity contribution in [2.45, 2.75) is 79.2 Å². The molecule has 2 aromatic carbocycles. The van der Waals surface area contributed by atoms with Gasteiger partial charge in [-0.05, 0) is 71.4 Å². The number of hydrogen-bond acceptors (Lipinski definition) is 2. The number of carbonyl (C=O) groups excluding carboxylic acids is 1. The van der Waals surface area contributed by atoms with Crippen molar-refractivity contribution in [2.24, 2.45) is 5.41 Å². The third-order valence-corrected chi connectivity index (χ3v) is 6.16. The highest BCUT2D eigenvalue weighted by Gasteiger charge is 2.20. The Labute approximate surface area is 193 Å². The highest BCUT2D eigenvalue weighted by molar-refractivity contribution is 6.31. The lowest BCUT2D eigenvalue weighted by Crippen LogP contribution is -2.40. The van der Waals surface area contributed by atoms with E-state index >= 15 is 0 Å². The Kier molecular flexibility index (Phi) is 9.14. The Hall–Kier alpha value is -1.84. The zero-order chi connectivity index (χ0) is 23.2. The molecular weight excluding hydrogens is 406 g/mol. The summed E-state index contributed by atoms with van der Waals surface area (Å²) < 4.78 is 0. The van der Waals surface area contributed by atoms with E-state index in [0.29, 0.717) is 17.4 Å². The van der Waals surface area contributed by atoms with E-state index in [2.05, 4.69) is 58.1 Å². The van der Waals surface area contributed by atoms with Crippen LogP contribution in [0.5, 0.6) is 0 Å². The first-order valence-electron chi connectivity index (χ1n) is 11.3. The fourth-order valence-electron chi connectivity index (χ4n) is 3.93. The lowest BCUT2D eigenvalue weighted by molar-refractivity contribution is -0.121. The summed E-state index contributed by atoms with van der Waals surface area (Å²) in [6, 6.07) is 11.8. The molecule has 0 aliphatic carbocycles. The first-order chi connectivity index (χ1) is 14.5. The monoisotopic (exact) mass is 443 g/mol. The molecule has 0 radical (unpaired) electrons. The minimum Gasteiger partial charge on any atom is -0.394 e. The quantitative estimate of drug-likeness (QED) is 0.498. The van der Waals surface area contributed by atoms with E-state index in [1.54, 1.807) is 6.07 Å². The average Bonchev–Trinajstić information content (AvgIpc) is 2.68. The fraction of sp³-hybridized carbons (Fsp3) is 0.519. The third kappa shape index (κ3) is 7.66. The van der Waals surface area contributed by atoms with E-state index in [1.807, 2.05) is 19.1 Å². The molecule has 0 bridgehead atoms. The van der Waals surface area contributed by atoms with Crippen LogP contribution in [0.2, 0.25) is 5.02 Å². The molecule has 0 unspecified atom stereocenters.